The second kappa shape index (κ2) is 7.19. The number of amides is 1. The third-order valence-corrected chi connectivity index (χ3v) is 5.10. The molecule has 0 saturated carbocycles. The number of carboxylic acids is 1. The molecule has 1 saturated heterocycles. The molecule has 0 aliphatic carbocycles. The number of ether oxygens (including phenoxy) is 1. The van der Waals surface area contributed by atoms with Crippen LogP contribution < -0.4 is 5.32 Å². The zero-order valence-electron chi connectivity index (χ0n) is 13.1. The van der Waals surface area contributed by atoms with Gasteiger partial charge in [0.25, 0.3) is 0 Å². The molecule has 0 spiro atoms. The van der Waals surface area contributed by atoms with Gasteiger partial charge in [0, 0.05) is 6.42 Å². The summed E-state index contributed by atoms with van der Waals surface area (Å²) in [4.78, 5) is 27.5. The zero-order valence-corrected chi connectivity index (χ0v) is 13.9. The third-order valence-electron chi connectivity index (χ3n) is 3.77. The Labute approximate surface area is 133 Å². The molecule has 2 heterocycles. The number of hydrogen-bond donors (Lipinski definition) is 2. The summed E-state index contributed by atoms with van der Waals surface area (Å²) in [6.07, 6.45) is 3.67. The topological polar surface area (TPSA) is 88.5 Å². The van der Waals surface area contributed by atoms with Crippen molar-refractivity contribution >= 4 is 23.2 Å². The van der Waals surface area contributed by atoms with Crippen molar-refractivity contribution < 1.29 is 19.4 Å². The van der Waals surface area contributed by atoms with Crippen molar-refractivity contribution in [2.75, 3.05) is 0 Å². The number of aromatic carboxylic acids is 1. The second-order valence-electron chi connectivity index (χ2n) is 5.75. The first-order valence-corrected chi connectivity index (χ1v) is 8.34. The van der Waals surface area contributed by atoms with E-state index in [2.05, 4.69) is 10.3 Å². The lowest BCUT2D eigenvalue weighted by molar-refractivity contribution is -0.122. The maximum atomic E-state index is 12.0. The van der Waals surface area contributed by atoms with E-state index < -0.39 is 5.97 Å². The SMILES string of the molecule is Cc1nc(C(C)NC(=O)CCC2CCC(C)O2)sc1C(=O)O. The van der Waals surface area contributed by atoms with Crippen molar-refractivity contribution in [3.8, 4) is 0 Å². The Hall–Kier alpha value is -1.47. The summed E-state index contributed by atoms with van der Waals surface area (Å²) in [7, 11) is 0. The average Bonchev–Trinajstić information content (AvgIpc) is 3.02. The van der Waals surface area contributed by atoms with E-state index in [0.29, 0.717) is 23.2 Å². The summed E-state index contributed by atoms with van der Waals surface area (Å²) in [5.74, 6) is -1.03. The molecule has 3 atom stereocenters. The van der Waals surface area contributed by atoms with Crippen LogP contribution in [0.3, 0.4) is 0 Å². The largest absolute Gasteiger partial charge is 0.477 e. The predicted octanol–water partition coefficient (Wildman–Crippen LogP) is 2.67. The maximum Gasteiger partial charge on any atom is 0.347 e. The van der Waals surface area contributed by atoms with E-state index in [-0.39, 0.29) is 22.9 Å². The molecule has 1 amide bonds. The number of aryl methyl sites for hydroxylation is 1. The second-order valence-corrected chi connectivity index (χ2v) is 6.78. The highest BCUT2D eigenvalue weighted by Gasteiger charge is 2.23. The highest BCUT2D eigenvalue weighted by atomic mass is 32.1. The Morgan fingerprint density at radius 2 is 2.23 bits per heavy atom. The first-order valence-electron chi connectivity index (χ1n) is 7.52. The summed E-state index contributed by atoms with van der Waals surface area (Å²) in [5, 5.41) is 12.5. The third kappa shape index (κ3) is 4.27. The normalized spacial score (nSPS) is 22.5. The minimum absolute atomic E-state index is 0.0552. The Balaban J connectivity index is 1.83. The molecule has 1 aromatic heterocycles. The van der Waals surface area contributed by atoms with Crippen LogP contribution in [-0.2, 0) is 9.53 Å². The number of carbonyl (C=O) groups is 2. The summed E-state index contributed by atoms with van der Waals surface area (Å²) in [6, 6.07) is -0.285. The van der Waals surface area contributed by atoms with Crippen LogP contribution in [0.15, 0.2) is 0 Å². The Kier molecular flexibility index (Phi) is 5.52. The Morgan fingerprint density at radius 3 is 2.77 bits per heavy atom. The van der Waals surface area contributed by atoms with E-state index in [0.717, 1.165) is 30.6 Å². The Morgan fingerprint density at radius 1 is 1.50 bits per heavy atom. The molecule has 1 aliphatic heterocycles. The molecule has 2 N–H and O–H groups in total. The molecule has 1 aromatic rings. The van der Waals surface area contributed by atoms with Crippen molar-refractivity contribution in [3.63, 3.8) is 0 Å². The van der Waals surface area contributed by atoms with E-state index in [9.17, 15) is 9.59 Å². The number of carbonyl (C=O) groups excluding carboxylic acids is 1. The summed E-state index contributed by atoms with van der Waals surface area (Å²) >= 11 is 1.11. The van der Waals surface area contributed by atoms with Crippen molar-refractivity contribution in [3.05, 3.63) is 15.6 Å². The molecule has 0 aromatic carbocycles. The molecule has 122 valence electrons. The van der Waals surface area contributed by atoms with Crippen molar-refractivity contribution in [1.29, 1.82) is 0 Å². The van der Waals surface area contributed by atoms with E-state index in [1.165, 1.54) is 0 Å². The molecule has 7 heteroatoms. The molecule has 0 radical (unpaired) electrons. The van der Waals surface area contributed by atoms with Crippen LogP contribution in [0.2, 0.25) is 0 Å². The number of carboxylic acid groups (broad SMARTS) is 1. The van der Waals surface area contributed by atoms with Crippen LogP contribution in [0, 0.1) is 6.92 Å². The molecular weight excluding hydrogens is 304 g/mol. The molecule has 6 nitrogen and oxygen atoms in total. The predicted molar refractivity (Wildman–Crippen MR) is 83.2 cm³/mol. The fourth-order valence-corrected chi connectivity index (χ4v) is 3.47. The van der Waals surface area contributed by atoms with Crippen LogP contribution in [-0.4, -0.2) is 34.2 Å². The zero-order chi connectivity index (χ0) is 16.3. The van der Waals surface area contributed by atoms with E-state index in [4.69, 9.17) is 9.84 Å². The number of rotatable bonds is 6. The molecule has 22 heavy (non-hydrogen) atoms. The number of nitrogens with zero attached hydrogens (tertiary/aromatic N) is 1. The van der Waals surface area contributed by atoms with Crippen LogP contribution in [0.4, 0.5) is 0 Å². The van der Waals surface area contributed by atoms with Crippen LogP contribution >= 0.6 is 11.3 Å². The molecule has 2 rings (SSSR count). The average molecular weight is 326 g/mol. The summed E-state index contributed by atoms with van der Waals surface area (Å²) in [5.41, 5.74) is 0.488. The quantitative estimate of drug-likeness (QED) is 0.839. The van der Waals surface area contributed by atoms with Gasteiger partial charge in [0.05, 0.1) is 23.9 Å². The molecular formula is C15H22N2O4S. The number of nitrogens with one attached hydrogen (secondary N) is 1. The van der Waals surface area contributed by atoms with Crippen molar-refractivity contribution in [1.82, 2.24) is 10.3 Å². The van der Waals surface area contributed by atoms with Gasteiger partial charge in [-0.25, -0.2) is 9.78 Å². The lowest BCUT2D eigenvalue weighted by atomic mass is 10.1. The highest BCUT2D eigenvalue weighted by molar-refractivity contribution is 7.13. The minimum atomic E-state index is -0.979. The van der Waals surface area contributed by atoms with E-state index in [1.807, 2.05) is 13.8 Å². The number of hydrogen-bond acceptors (Lipinski definition) is 5. The fraction of sp³-hybridized carbons (Fsp3) is 0.667. The van der Waals surface area contributed by atoms with Gasteiger partial charge in [-0.15, -0.1) is 11.3 Å². The van der Waals surface area contributed by atoms with Crippen LogP contribution in [0.1, 0.15) is 65.9 Å². The molecule has 0 bridgehead atoms. The van der Waals surface area contributed by atoms with Gasteiger partial charge in [-0.05, 0) is 40.0 Å². The van der Waals surface area contributed by atoms with Crippen molar-refractivity contribution in [2.24, 2.45) is 0 Å². The molecule has 1 fully saturated rings. The van der Waals surface area contributed by atoms with Gasteiger partial charge in [-0.1, -0.05) is 0 Å². The van der Waals surface area contributed by atoms with Gasteiger partial charge in [0.1, 0.15) is 9.88 Å². The first-order chi connectivity index (χ1) is 10.4. The van der Waals surface area contributed by atoms with Gasteiger partial charge >= 0.3 is 5.97 Å². The fourth-order valence-electron chi connectivity index (χ4n) is 2.57. The van der Waals surface area contributed by atoms with Gasteiger partial charge in [-0.2, -0.15) is 0 Å². The summed E-state index contributed by atoms with van der Waals surface area (Å²) in [6.45, 7) is 5.53. The minimum Gasteiger partial charge on any atom is -0.477 e. The van der Waals surface area contributed by atoms with Crippen molar-refractivity contribution in [2.45, 2.75) is 64.7 Å². The van der Waals surface area contributed by atoms with Gasteiger partial charge in [0.15, 0.2) is 0 Å². The monoisotopic (exact) mass is 326 g/mol. The number of aromatic nitrogens is 1. The van der Waals surface area contributed by atoms with Gasteiger partial charge in [-0.3, -0.25) is 4.79 Å². The standard InChI is InChI=1S/C15H22N2O4S/c1-8-4-5-11(21-8)6-7-12(18)16-10(3)14-17-9(2)13(22-14)15(19)20/h8,10-11H,4-7H2,1-3H3,(H,16,18)(H,19,20). The Bertz CT molecular complexity index is 558. The van der Waals surface area contributed by atoms with Gasteiger partial charge < -0.3 is 15.2 Å². The molecule has 3 unspecified atom stereocenters. The molecule has 1 aliphatic rings. The highest BCUT2D eigenvalue weighted by Crippen LogP contribution is 2.25. The van der Waals surface area contributed by atoms with E-state index in [1.54, 1.807) is 6.92 Å². The maximum absolute atomic E-state index is 12.0. The van der Waals surface area contributed by atoms with Gasteiger partial charge in [0.2, 0.25) is 5.91 Å². The van der Waals surface area contributed by atoms with Crippen LogP contribution in [0.25, 0.3) is 0 Å². The number of thiazole rings is 1. The smallest absolute Gasteiger partial charge is 0.347 e. The first kappa shape index (κ1) is 16.9. The van der Waals surface area contributed by atoms with E-state index >= 15 is 0 Å². The lowest BCUT2D eigenvalue weighted by Crippen LogP contribution is -2.27. The summed E-state index contributed by atoms with van der Waals surface area (Å²) < 4.78 is 5.69. The van der Waals surface area contributed by atoms with Crippen LogP contribution in [0.5, 0.6) is 0 Å². The lowest BCUT2D eigenvalue weighted by Gasteiger charge is -2.13.